The highest BCUT2D eigenvalue weighted by atomic mass is 16.7. The fourth-order valence-corrected chi connectivity index (χ4v) is 11.6. The van der Waals surface area contributed by atoms with E-state index in [0.29, 0.717) is 31.6 Å². The van der Waals surface area contributed by atoms with Gasteiger partial charge in [0.2, 0.25) is 0 Å². The van der Waals surface area contributed by atoms with Gasteiger partial charge in [-0.05, 0) is 92.8 Å². The van der Waals surface area contributed by atoms with Crippen LogP contribution in [0.25, 0.3) is 0 Å². The summed E-state index contributed by atoms with van der Waals surface area (Å²) in [5, 5.41) is 96.3. The first kappa shape index (κ1) is 40.9. The molecule has 3 saturated carbocycles. The van der Waals surface area contributed by atoms with Crippen molar-refractivity contribution in [3.8, 4) is 0 Å². The molecule has 6 rings (SSSR count). The maximum absolute atomic E-state index is 11.6. The third-order valence-electron chi connectivity index (χ3n) is 14.7. The lowest BCUT2D eigenvalue weighted by Crippen LogP contribution is -2.61. The number of aliphatic hydroxyl groups excluding tert-OH is 9. The summed E-state index contributed by atoms with van der Waals surface area (Å²) in [6, 6.07) is 0. The van der Waals surface area contributed by atoms with E-state index in [4.69, 9.17) is 18.9 Å². The normalized spacial score (nSPS) is 52.0. The van der Waals surface area contributed by atoms with Crippen molar-refractivity contribution in [2.45, 2.75) is 179 Å². The topological polar surface area (TPSA) is 219 Å². The van der Waals surface area contributed by atoms with Gasteiger partial charge in [0, 0.05) is 11.8 Å². The van der Waals surface area contributed by atoms with E-state index in [1.54, 1.807) is 6.92 Å². The van der Waals surface area contributed by atoms with Gasteiger partial charge < -0.3 is 64.9 Å². The van der Waals surface area contributed by atoms with Crippen LogP contribution in [0.3, 0.4) is 0 Å². The zero-order valence-corrected chi connectivity index (χ0v) is 31.6. The molecule has 21 atom stereocenters. The van der Waals surface area contributed by atoms with Crippen LogP contribution in [0.4, 0.5) is 0 Å². The maximum atomic E-state index is 11.6. The first-order valence-electron chi connectivity index (χ1n) is 19.8. The monoisotopic (exact) mass is 742 g/mol. The minimum atomic E-state index is -1.56. The average Bonchev–Trinajstić information content (AvgIpc) is 3.40. The molecular formula is C39H66O13. The van der Waals surface area contributed by atoms with Gasteiger partial charge in [-0.15, -0.1) is 0 Å². The van der Waals surface area contributed by atoms with E-state index < -0.39 is 97.8 Å². The van der Waals surface area contributed by atoms with Crippen molar-refractivity contribution < 1.29 is 64.9 Å². The third-order valence-corrected chi connectivity index (χ3v) is 14.7. The van der Waals surface area contributed by atoms with Gasteiger partial charge in [0.25, 0.3) is 0 Å². The summed E-state index contributed by atoms with van der Waals surface area (Å²) in [6.07, 6.45) is -7.68. The van der Waals surface area contributed by atoms with Crippen molar-refractivity contribution in [3.63, 3.8) is 0 Å². The van der Waals surface area contributed by atoms with E-state index in [2.05, 4.69) is 40.7 Å². The van der Waals surface area contributed by atoms with E-state index in [-0.39, 0.29) is 35.0 Å². The SMILES string of the molecule is CC(C)CC[C@H](O)[C@@H](C)C1[C@@H](O[C@@H]2O[C@H](CO)[C@@H](O)[C@H](O)[C@H]2O)C[C@H]2[C@@H]3CC=C4C[C@@H](O)C[C@@H](O[C@@H]5O[C@@H](C)[C@H](O)[C@@H](O)[C@H]5O)[C@]4(C)[C@H]3CC[C@]12C. The van der Waals surface area contributed by atoms with Gasteiger partial charge in [0.1, 0.15) is 42.7 Å². The first-order chi connectivity index (χ1) is 24.4. The standard InChI is InChI=1S/C39H66O13/c1-17(2)7-10-25(42)18(3)29-26(50-37-35(48)33(46)31(44)27(16-40)51-37)15-24-22-9-8-20-13-21(41)14-28(39(20,6)23(22)11-12-38(24,29)5)52-36-34(47)32(45)30(43)19(4)49-36/h8,17-19,21-37,40-48H,7,9-16H2,1-6H3/t18-,19+,21-,22-,23+,24+,25+,26+,27-,28-,29?,30+,31-,32-,33+,34-,35-,36+,37-,38+,39+/m1/s1. The Kier molecular flexibility index (Phi) is 12.3. The second-order valence-corrected chi connectivity index (χ2v) is 18.1. The summed E-state index contributed by atoms with van der Waals surface area (Å²) in [4.78, 5) is 0. The van der Waals surface area contributed by atoms with Crippen LogP contribution in [0.1, 0.15) is 92.9 Å². The predicted octanol–water partition coefficient (Wildman–Crippen LogP) is 0.977. The van der Waals surface area contributed by atoms with Gasteiger partial charge in [-0.2, -0.15) is 0 Å². The Balaban J connectivity index is 1.31. The molecule has 0 radical (unpaired) electrons. The number of ether oxygens (including phenoxy) is 4. The fraction of sp³-hybridized carbons (Fsp3) is 0.949. The molecule has 4 aliphatic carbocycles. The molecule has 1 unspecified atom stereocenters. The molecule has 0 spiro atoms. The summed E-state index contributed by atoms with van der Waals surface area (Å²) in [5.74, 6) is 0.552. The second-order valence-electron chi connectivity index (χ2n) is 18.1. The van der Waals surface area contributed by atoms with Crippen molar-refractivity contribution in [2.75, 3.05) is 6.61 Å². The van der Waals surface area contributed by atoms with Crippen LogP contribution in [0, 0.1) is 46.3 Å². The molecule has 0 aromatic rings. The average molecular weight is 743 g/mol. The van der Waals surface area contributed by atoms with E-state index >= 15 is 0 Å². The summed E-state index contributed by atoms with van der Waals surface area (Å²) in [5.41, 5.74) is 0.314. The Morgan fingerprint density at radius 1 is 0.827 bits per heavy atom. The van der Waals surface area contributed by atoms with Gasteiger partial charge >= 0.3 is 0 Å². The molecule has 0 amide bonds. The number of aliphatic hydroxyl groups is 9. The van der Waals surface area contributed by atoms with Crippen molar-refractivity contribution in [2.24, 2.45) is 46.3 Å². The molecule has 300 valence electrons. The molecule has 0 aromatic carbocycles. The van der Waals surface area contributed by atoms with Gasteiger partial charge in [-0.1, -0.05) is 46.3 Å². The highest BCUT2D eigenvalue weighted by molar-refractivity contribution is 5.28. The fourth-order valence-electron chi connectivity index (χ4n) is 11.6. The Bertz CT molecular complexity index is 1250. The summed E-state index contributed by atoms with van der Waals surface area (Å²) >= 11 is 0. The van der Waals surface area contributed by atoms with Crippen LogP contribution < -0.4 is 0 Å². The van der Waals surface area contributed by atoms with Crippen LogP contribution in [0.5, 0.6) is 0 Å². The highest BCUT2D eigenvalue weighted by Gasteiger charge is 2.65. The van der Waals surface area contributed by atoms with Gasteiger partial charge in [-0.25, -0.2) is 0 Å². The van der Waals surface area contributed by atoms with Gasteiger partial charge in [0.05, 0.1) is 37.1 Å². The molecule has 2 saturated heterocycles. The molecule has 0 aromatic heterocycles. The predicted molar refractivity (Wildman–Crippen MR) is 187 cm³/mol. The Morgan fingerprint density at radius 3 is 2.13 bits per heavy atom. The Hall–Kier alpha value is -0.780. The smallest absolute Gasteiger partial charge is 0.186 e. The molecule has 52 heavy (non-hydrogen) atoms. The van der Waals surface area contributed by atoms with Crippen molar-refractivity contribution in [1.82, 2.24) is 0 Å². The lowest BCUT2D eigenvalue weighted by Gasteiger charge is -2.60. The van der Waals surface area contributed by atoms with Crippen LogP contribution in [0.2, 0.25) is 0 Å². The van der Waals surface area contributed by atoms with Crippen LogP contribution in [-0.4, -0.2) is 138 Å². The van der Waals surface area contributed by atoms with Crippen LogP contribution >= 0.6 is 0 Å². The number of allylic oxidation sites excluding steroid dienone is 1. The number of rotatable bonds is 10. The first-order valence-corrected chi connectivity index (χ1v) is 19.8. The van der Waals surface area contributed by atoms with Gasteiger partial charge in [-0.3, -0.25) is 0 Å². The summed E-state index contributed by atoms with van der Waals surface area (Å²) < 4.78 is 24.9. The van der Waals surface area contributed by atoms with E-state index in [1.807, 2.05) is 0 Å². The van der Waals surface area contributed by atoms with Crippen molar-refractivity contribution >= 4 is 0 Å². The Labute approximate surface area is 307 Å². The lowest BCUT2D eigenvalue weighted by atomic mass is 9.46. The molecule has 2 heterocycles. The van der Waals surface area contributed by atoms with Crippen molar-refractivity contribution in [1.29, 1.82) is 0 Å². The molecule has 6 aliphatic rings. The largest absolute Gasteiger partial charge is 0.394 e. The molecule has 2 aliphatic heterocycles. The van der Waals surface area contributed by atoms with Crippen LogP contribution in [-0.2, 0) is 18.9 Å². The third kappa shape index (κ3) is 7.07. The van der Waals surface area contributed by atoms with E-state index in [1.165, 1.54) is 0 Å². The quantitative estimate of drug-likeness (QED) is 0.143. The summed E-state index contributed by atoms with van der Waals surface area (Å²) in [6.45, 7) is 11.9. The summed E-state index contributed by atoms with van der Waals surface area (Å²) in [7, 11) is 0. The van der Waals surface area contributed by atoms with Crippen molar-refractivity contribution in [3.05, 3.63) is 11.6 Å². The maximum Gasteiger partial charge on any atom is 0.186 e. The number of hydrogen-bond donors (Lipinski definition) is 9. The number of fused-ring (bicyclic) bond motifs is 5. The lowest BCUT2D eigenvalue weighted by molar-refractivity contribution is -0.318. The van der Waals surface area contributed by atoms with E-state index in [9.17, 15) is 46.0 Å². The molecule has 13 nitrogen and oxygen atoms in total. The number of hydrogen-bond acceptors (Lipinski definition) is 13. The molecule has 5 fully saturated rings. The van der Waals surface area contributed by atoms with E-state index in [0.717, 1.165) is 31.3 Å². The highest BCUT2D eigenvalue weighted by Crippen LogP contribution is 2.68. The van der Waals surface area contributed by atoms with Crippen LogP contribution in [0.15, 0.2) is 11.6 Å². The minimum absolute atomic E-state index is 0.126. The minimum Gasteiger partial charge on any atom is -0.394 e. The molecule has 13 heteroatoms. The zero-order valence-electron chi connectivity index (χ0n) is 31.6. The molecule has 0 bridgehead atoms. The zero-order chi connectivity index (χ0) is 38.0. The van der Waals surface area contributed by atoms with Gasteiger partial charge in [0.15, 0.2) is 12.6 Å². The molecular weight excluding hydrogens is 676 g/mol. The second kappa shape index (κ2) is 15.6. The molecule has 9 N–H and O–H groups in total. The Morgan fingerprint density at radius 2 is 1.48 bits per heavy atom.